The fraction of sp³-hybridized carbons (Fsp3) is 0.350. The Kier molecular flexibility index (Phi) is 6.46. The van der Waals surface area contributed by atoms with Gasteiger partial charge in [0, 0.05) is 25.3 Å². The molecule has 1 aliphatic rings. The van der Waals surface area contributed by atoms with E-state index >= 15 is 0 Å². The highest BCUT2D eigenvalue weighted by Gasteiger charge is 2.12. The summed E-state index contributed by atoms with van der Waals surface area (Å²) in [7, 11) is 1.65. The first-order chi connectivity index (χ1) is 12.7. The summed E-state index contributed by atoms with van der Waals surface area (Å²) in [6.07, 6.45) is 0. The van der Waals surface area contributed by atoms with E-state index in [2.05, 4.69) is 33.4 Å². The molecule has 1 saturated heterocycles. The number of aliphatic imine (C=N–C) groups is 1. The van der Waals surface area contributed by atoms with Crippen LogP contribution in [-0.4, -0.2) is 44.3 Å². The van der Waals surface area contributed by atoms with Gasteiger partial charge in [-0.25, -0.2) is 4.99 Å². The van der Waals surface area contributed by atoms with Gasteiger partial charge in [0.15, 0.2) is 5.96 Å². The van der Waals surface area contributed by atoms with Crippen LogP contribution in [-0.2, 0) is 17.8 Å². The number of benzene rings is 2. The van der Waals surface area contributed by atoms with Gasteiger partial charge in [0.1, 0.15) is 5.75 Å². The topological polar surface area (TPSA) is 72.1 Å². The second kappa shape index (κ2) is 9.22. The van der Waals surface area contributed by atoms with Crippen LogP contribution in [0.2, 0.25) is 0 Å². The van der Waals surface area contributed by atoms with E-state index in [4.69, 9.17) is 15.2 Å². The molecule has 1 aliphatic heterocycles. The van der Waals surface area contributed by atoms with Crippen LogP contribution in [0.25, 0.3) is 0 Å². The van der Waals surface area contributed by atoms with Crippen molar-refractivity contribution in [2.45, 2.75) is 13.1 Å². The molecule has 0 bridgehead atoms. The second-order valence-electron chi connectivity index (χ2n) is 6.21. The molecule has 0 aromatic heterocycles. The SMILES string of the molecule is COc1ccc(NC(N)=NCc2ccccc2CN2CCOCC2)cc1. The summed E-state index contributed by atoms with van der Waals surface area (Å²) in [6.45, 7) is 5.02. The number of anilines is 1. The van der Waals surface area contributed by atoms with Crippen LogP contribution in [0, 0.1) is 0 Å². The zero-order chi connectivity index (χ0) is 18.2. The van der Waals surface area contributed by atoms with E-state index in [1.807, 2.05) is 30.3 Å². The van der Waals surface area contributed by atoms with Crippen molar-refractivity contribution in [2.24, 2.45) is 10.7 Å². The van der Waals surface area contributed by atoms with Crippen molar-refractivity contribution in [3.63, 3.8) is 0 Å². The van der Waals surface area contributed by atoms with Crippen LogP contribution < -0.4 is 15.8 Å². The first-order valence-corrected chi connectivity index (χ1v) is 8.82. The summed E-state index contributed by atoms with van der Waals surface area (Å²) in [5.41, 5.74) is 9.40. The van der Waals surface area contributed by atoms with Crippen LogP contribution in [0.15, 0.2) is 53.5 Å². The van der Waals surface area contributed by atoms with Crippen molar-refractivity contribution in [3.05, 3.63) is 59.7 Å². The fourth-order valence-corrected chi connectivity index (χ4v) is 2.90. The molecule has 6 nitrogen and oxygen atoms in total. The minimum Gasteiger partial charge on any atom is -0.497 e. The Morgan fingerprint density at radius 1 is 1.12 bits per heavy atom. The molecule has 6 heteroatoms. The Morgan fingerprint density at radius 3 is 2.50 bits per heavy atom. The molecule has 1 heterocycles. The van der Waals surface area contributed by atoms with E-state index < -0.39 is 0 Å². The molecule has 0 aliphatic carbocycles. The van der Waals surface area contributed by atoms with Crippen LogP contribution in [0.4, 0.5) is 5.69 Å². The molecular weight excluding hydrogens is 328 g/mol. The van der Waals surface area contributed by atoms with Crippen molar-refractivity contribution in [3.8, 4) is 5.75 Å². The van der Waals surface area contributed by atoms with E-state index in [-0.39, 0.29) is 0 Å². The Morgan fingerprint density at radius 2 is 1.81 bits per heavy atom. The van der Waals surface area contributed by atoms with Gasteiger partial charge in [-0.15, -0.1) is 0 Å². The van der Waals surface area contributed by atoms with Gasteiger partial charge in [-0.05, 0) is 35.4 Å². The maximum Gasteiger partial charge on any atom is 0.193 e. The van der Waals surface area contributed by atoms with Crippen LogP contribution >= 0.6 is 0 Å². The third kappa shape index (κ3) is 5.21. The Labute approximate surface area is 154 Å². The van der Waals surface area contributed by atoms with E-state index in [1.165, 1.54) is 11.1 Å². The van der Waals surface area contributed by atoms with Crippen molar-refractivity contribution in [1.82, 2.24) is 4.90 Å². The highest BCUT2D eigenvalue weighted by Crippen LogP contribution is 2.16. The van der Waals surface area contributed by atoms with Crippen molar-refractivity contribution >= 4 is 11.6 Å². The molecule has 2 aromatic rings. The number of nitrogens with zero attached hydrogens (tertiary/aromatic N) is 2. The molecular formula is C20H26N4O2. The summed E-state index contributed by atoms with van der Waals surface area (Å²) in [5.74, 6) is 1.21. The molecule has 1 fully saturated rings. The highest BCUT2D eigenvalue weighted by molar-refractivity contribution is 5.92. The zero-order valence-corrected chi connectivity index (χ0v) is 15.1. The Hall–Kier alpha value is -2.57. The molecule has 3 rings (SSSR count). The highest BCUT2D eigenvalue weighted by atomic mass is 16.5. The van der Waals surface area contributed by atoms with E-state index in [1.54, 1.807) is 7.11 Å². The molecule has 0 amide bonds. The average molecular weight is 354 g/mol. The van der Waals surface area contributed by atoms with Gasteiger partial charge >= 0.3 is 0 Å². The number of nitrogens with two attached hydrogens (primary N) is 1. The first kappa shape index (κ1) is 18.2. The summed E-state index contributed by atoms with van der Waals surface area (Å²) in [6, 6.07) is 16.0. The number of rotatable bonds is 6. The molecule has 2 aromatic carbocycles. The van der Waals surface area contributed by atoms with Gasteiger partial charge in [-0.3, -0.25) is 4.90 Å². The number of nitrogens with one attached hydrogen (secondary N) is 1. The number of guanidine groups is 1. The van der Waals surface area contributed by atoms with Gasteiger partial charge in [-0.2, -0.15) is 0 Å². The predicted molar refractivity (Wildman–Crippen MR) is 104 cm³/mol. The molecule has 26 heavy (non-hydrogen) atoms. The van der Waals surface area contributed by atoms with Crippen LogP contribution in [0.3, 0.4) is 0 Å². The summed E-state index contributed by atoms with van der Waals surface area (Å²) in [4.78, 5) is 6.90. The lowest BCUT2D eigenvalue weighted by Gasteiger charge is -2.27. The van der Waals surface area contributed by atoms with Crippen molar-refractivity contribution < 1.29 is 9.47 Å². The number of ether oxygens (including phenoxy) is 2. The molecule has 138 valence electrons. The normalized spacial score (nSPS) is 15.7. The largest absolute Gasteiger partial charge is 0.497 e. The quantitative estimate of drug-likeness (QED) is 0.616. The summed E-state index contributed by atoms with van der Waals surface area (Å²) in [5, 5.41) is 3.11. The number of hydrogen-bond donors (Lipinski definition) is 2. The van der Waals surface area contributed by atoms with Crippen LogP contribution in [0.5, 0.6) is 5.75 Å². The minimum absolute atomic E-state index is 0.399. The van der Waals surface area contributed by atoms with Crippen LogP contribution in [0.1, 0.15) is 11.1 Å². The number of methoxy groups -OCH3 is 1. The van der Waals surface area contributed by atoms with Gasteiger partial charge in [0.05, 0.1) is 26.9 Å². The number of morpholine rings is 1. The lowest BCUT2D eigenvalue weighted by Crippen LogP contribution is -2.35. The van der Waals surface area contributed by atoms with E-state index in [9.17, 15) is 0 Å². The van der Waals surface area contributed by atoms with E-state index in [0.29, 0.717) is 12.5 Å². The van der Waals surface area contributed by atoms with Crippen molar-refractivity contribution in [2.75, 3.05) is 38.7 Å². The number of hydrogen-bond acceptors (Lipinski definition) is 4. The Bertz CT molecular complexity index is 725. The fourth-order valence-electron chi connectivity index (χ4n) is 2.90. The average Bonchev–Trinajstić information content (AvgIpc) is 2.69. The summed E-state index contributed by atoms with van der Waals surface area (Å²) < 4.78 is 10.6. The first-order valence-electron chi connectivity index (χ1n) is 8.82. The monoisotopic (exact) mass is 354 g/mol. The lowest BCUT2D eigenvalue weighted by atomic mass is 10.1. The zero-order valence-electron chi connectivity index (χ0n) is 15.1. The van der Waals surface area contributed by atoms with Crippen molar-refractivity contribution in [1.29, 1.82) is 0 Å². The minimum atomic E-state index is 0.399. The maximum absolute atomic E-state index is 6.04. The maximum atomic E-state index is 6.04. The van der Waals surface area contributed by atoms with E-state index in [0.717, 1.165) is 44.3 Å². The lowest BCUT2D eigenvalue weighted by molar-refractivity contribution is 0.0341. The van der Waals surface area contributed by atoms with Gasteiger partial charge in [0.2, 0.25) is 0 Å². The molecule has 0 saturated carbocycles. The second-order valence-corrected chi connectivity index (χ2v) is 6.21. The third-order valence-corrected chi connectivity index (χ3v) is 4.40. The van der Waals surface area contributed by atoms with Gasteiger partial charge in [-0.1, -0.05) is 24.3 Å². The smallest absolute Gasteiger partial charge is 0.193 e. The molecule has 0 atom stereocenters. The summed E-state index contributed by atoms with van der Waals surface area (Å²) >= 11 is 0. The predicted octanol–water partition coefficient (Wildman–Crippen LogP) is 2.45. The molecule has 0 radical (unpaired) electrons. The molecule has 0 unspecified atom stereocenters. The van der Waals surface area contributed by atoms with Gasteiger partial charge in [0.25, 0.3) is 0 Å². The third-order valence-electron chi connectivity index (χ3n) is 4.40. The standard InChI is InChI=1S/C20H26N4O2/c1-25-19-8-6-18(7-9-19)23-20(21)22-14-16-4-2-3-5-17(16)15-24-10-12-26-13-11-24/h2-9H,10-15H2,1H3,(H3,21,22,23). The molecule has 0 spiro atoms. The van der Waals surface area contributed by atoms with Gasteiger partial charge < -0.3 is 20.5 Å². The Balaban J connectivity index is 1.61. The molecule has 3 N–H and O–H groups in total.